The predicted octanol–water partition coefficient (Wildman–Crippen LogP) is 14.4. The molecule has 1 aromatic heterocycles. The van der Waals surface area contributed by atoms with E-state index in [9.17, 15) is 63.2 Å². The smallest absolute Gasteiger partial charge is 0.416 e. The molecule has 5 aromatic carbocycles. The van der Waals surface area contributed by atoms with Crippen LogP contribution in [0.4, 0.5) is 52.7 Å². The number of alkyl halides is 12. The summed E-state index contributed by atoms with van der Waals surface area (Å²) in [6, 6.07) is 18.5. The van der Waals surface area contributed by atoms with E-state index in [2.05, 4.69) is 3.53 Å². The summed E-state index contributed by atoms with van der Waals surface area (Å²) in [5.74, 6) is 4.45. The first kappa shape index (κ1) is 50.9. The van der Waals surface area contributed by atoms with Crippen molar-refractivity contribution in [2.45, 2.75) is 45.5 Å². The first-order valence-electron chi connectivity index (χ1n) is 20.5. The Morgan fingerprint density at radius 1 is 0.571 bits per heavy atom. The van der Waals surface area contributed by atoms with Crippen molar-refractivity contribution in [3.8, 4) is 45.8 Å². The number of rotatable bonds is 9. The lowest BCUT2D eigenvalue weighted by atomic mass is 9.65. The molecular weight excluding hydrogens is 1050 g/mol. The Balaban J connectivity index is 1.77. The highest BCUT2D eigenvalue weighted by molar-refractivity contribution is 14.2. The van der Waals surface area contributed by atoms with Crippen LogP contribution in [0.25, 0.3) is 33.5 Å². The lowest BCUT2D eigenvalue weighted by Gasteiger charge is -2.31. The van der Waals surface area contributed by atoms with Crippen LogP contribution in [0.3, 0.4) is 0 Å². The molecule has 6 aromatic rings. The minimum absolute atomic E-state index is 0.0550. The Morgan fingerprint density at radius 2 is 1.00 bits per heavy atom. The molecule has 0 amide bonds. The number of methoxy groups -OCH3 is 2. The highest BCUT2D eigenvalue weighted by atomic mass is 127. The predicted molar refractivity (Wildman–Crippen MR) is 250 cm³/mol. The number of benzene rings is 5. The minimum Gasteiger partial charge on any atom is -0.512 e. The van der Waals surface area contributed by atoms with Gasteiger partial charge in [-0.05, 0) is 145 Å². The van der Waals surface area contributed by atoms with E-state index in [1.54, 1.807) is 57.2 Å². The molecule has 0 saturated carbocycles. The van der Waals surface area contributed by atoms with Crippen LogP contribution >= 0.6 is 21.0 Å². The number of allylic oxidation sites excluding steroid dienone is 2. The molecule has 0 fully saturated rings. The molecule has 20 heteroatoms. The van der Waals surface area contributed by atoms with Crippen LogP contribution in [0.15, 0.2) is 115 Å². The van der Waals surface area contributed by atoms with E-state index >= 15 is 0 Å². The van der Waals surface area contributed by atoms with Crippen LogP contribution in [0.2, 0.25) is 0 Å². The van der Waals surface area contributed by atoms with Crippen molar-refractivity contribution in [3.63, 3.8) is 0 Å². The van der Waals surface area contributed by atoms with E-state index in [-0.39, 0.29) is 51.5 Å². The van der Waals surface area contributed by atoms with Gasteiger partial charge in [0.25, 0.3) is 0 Å². The molecule has 0 spiro atoms. The summed E-state index contributed by atoms with van der Waals surface area (Å²) < 4.78 is 192. The minimum atomic E-state index is -5.36. The summed E-state index contributed by atoms with van der Waals surface area (Å²) in [5.41, 5.74) is -7.42. The van der Waals surface area contributed by atoms with Gasteiger partial charge in [0, 0.05) is 52.6 Å². The van der Waals surface area contributed by atoms with Gasteiger partial charge in [0.05, 0.1) is 42.2 Å². The Labute approximate surface area is 403 Å². The van der Waals surface area contributed by atoms with Crippen LogP contribution in [0.1, 0.15) is 61.3 Å². The first-order valence-corrected chi connectivity index (χ1v) is 22.7. The number of hydrogen-bond acceptors (Lipinski definition) is 5. The number of hydrogen-bond donors (Lipinski definition) is 1. The fourth-order valence-corrected chi connectivity index (χ4v) is 10.5. The zero-order valence-electron chi connectivity index (χ0n) is 37.0. The normalized spacial score (nSPS) is 14.2. The van der Waals surface area contributed by atoms with Crippen LogP contribution in [-0.2, 0) is 24.7 Å². The lowest BCUT2D eigenvalue weighted by Crippen LogP contribution is -2.26. The summed E-state index contributed by atoms with van der Waals surface area (Å²) in [6.45, 7) is 3.01. The SMILES string of the molecule is COc1ccc(C2=IN/C(=C(/c3c(C)cc(C)cc3C)c3c(-c4cc(C(F)(F)F)cc(C(F)(F)F)c4)cc(-c4ccc(OC)cc4)n3[B-](C#N)C#N)C(c3cc(C(F)(F)F)cc(C(F)(F)F)c3)=C2)cc1. The molecule has 1 N–H and O–H groups in total. The van der Waals surface area contributed by atoms with Crippen LogP contribution in [0, 0.1) is 43.2 Å². The highest BCUT2D eigenvalue weighted by Gasteiger charge is 2.40. The molecule has 0 aliphatic carbocycles. The molecule has 7 rings (SSSR count). The van der Waals surface area contributed by atoms with E-state index in [1.807, 2.05) is 11.9 Å². The van der Waals surface area contributed by atoms with Crippen LogP contribution < -0.4 is 13.0 Å². The molecule has 70 heavy (non-hydrogen) atoms. The summed E-state index contributed by atoms with van der Waals surface area (Å²) in [6.07, 6.45) is -20.0. The number of aryl methyl sites for hydroxylation is 3. The Kier molecular flexibility index (Phi) is 13.9. The first-order chi connectivity index (χ1) is 32.8. The summed E-state index contributed by atoms with van der Waals surface area (Å²) in [4.78, 5) is 0. The van der Waals surface area contributed by atoms with Gasteiger partial charge in [-0.15, -0.1) is 11.9 Å². The van der Waals surface area contributed by atoms with Gasteiger partial charge in [0.2, 0.25) is 6.85 Å². The van der Waals surface area contributed by atoms with Crippen LogP contribution in [0.5, 0.6) is 11.5 Å². The zero-order chi connectivity index (χ0) is 51.2. The number of nitriles is 2. The molecule has 2 heterocycles. The van der Waals surface area contributed by atoms with Crippen LogP contribution in [-0.4, -0.2) is 29.1 Å². The lowest BCUT2D eigenvalue weighted by molar-refractivity contribution is -0.144. The van der Waals surface area contributed by atoms with Crippen molar-refractivity contribution in [3.05, 3.63) is 176 Å². The Morgan fingerprint density at radius 3 is 1.41 bits per heavy atom. The summed E-state index contributed by atoms with van der Waals surface area (Å²) >= 11 is -1.60. The molecule has 361 valence electrons. The maximum absolute atomic E-state index is 14.7. The standard InChI is InChI=1S/C50H34BF12IN4O2/c1-26-14-27(2)43(28(3)15-26)44(45-39(22-41(64-67-45)29-6-10-37(69-4)11-7-29)31-16-33(47(52,53)54)20-34(17-31)48(55,56)57)46-40(32-18-35(49(58,59)60)21-36(19-32)50(61,62)63)23-42(68(46)51(24-65)25-66)30-8-12-38(70-5)13-9-30/h6-23,67H,1-5H3/q-1/b45-44-. The Bertz CT molecular complexity index is 3100. The monoisotopic (exact) mass is 1090 g/mol. The van der Waals surface area contributed by atoms with E-state index in [0.29, 0.717) is 61.5 Å². The summed E-state index contributed by atoms with van der Waals surface area (Å²) in [5, 5.41) is 21.4. The van der Waals surface area contributed by atoms with Gasteiger partial charge in [0.15, 0.2) is 0 Å². The van der Waals surface area contributed by atoms with Crippen molar-refractivity contribution in [2.24, 2.45) is 0 Å². The fraction of sp³-hybridized carbons (Fsp3) is 0.180. The fourth-order valence-electron chi connectivity index (χ4n) is 8.23. The highest BCUT2D eigenvalue weighted by Crippen LogP contribution is 2.49. The van der Waals surface area contributed by atoms with E-state index in [4.69, 9.17) is 9.47 Å². The van der Waals surface area contributed by atoms with Gasteiger partial charge in [-0.25, -0.2) is 10.5 Å². The summed E-state index contributed by atoms with van der Waals surface area (Å²) in [7, 11) is 2.77. The molecular formula is C50H34BF12IN4O2-. The van der Waals surface area contributed by atoms with E-state index in [1.165, 1.54) is 50.6 Å². The molecule has 0 bridgehead atoms. The van der Waals surface area contributed by atoms with Gasteiger partial charge in [-0.1, -0.05) is 29.8 Å². The van der Waals surface area contributed by atoms with Gasteiger partial charge >= 0.3 is 24.7 Å². The molecule has 1 aliphatic heterocycles. The average molecular weight is 1090 g/mol. The third-order valence-electron chi connectivity index (χ3n) is 11.3. The Hall–Kier alpha value is -6.94. The second-order valence-electron chi connectivity index (χ2n) is 16.0. The second kappa shape index (κ2) is 19.1. The number of halogens is 13. The third-order valence-corrected chi connectivity index (χ3v) is 13.6. The quantitative estimate of drug-likeness (QED) is 0.0675. The molecule has 0 unspecified atom stereocenters. The number of aromatic nitrogens is 1. The molecule has 0 saturated heterocycles. The third kappa shape index (κ3) is 10.3. The van der Waals surface area contributed by atoms with Gasteiger partial charge in [-0.2, -0.15) is 52.7 Å². The molecule has 6 nitrogen and oxygen atoms in total. The topological polar surface area (TPSA) is 83.0 Å². The zero-order valence-corrected chi connectivity index (χ0v) is 39.2. The number of ether oxygens (including phenoxy) is 2. The number of nitrogens with one attached hydrogen (secondary N) is 1. The number of nitrogens with zero attached hydrogens (tertiary/aromatic N) is 3. The van der Waals surface area contributed by atoms with E-state index in [0.717, 1.165) is 4.48 Å². The van der Waals surface area contributed by atoms with Crippen molar-refractivity contribution in [1.82, 2.24) is 8.01 Å². The molecule has 0 atom stereocenters. The average Bonchev–Trinajstić information content (AvgIpc) is 3.68. The van der Waals surface area contributed by atoms with Crippen molar-refractivity contribution in [2.75, 3.05) is 14.2 Å². The maximum atomic E-state index is 14.7. The molecule has 1 radical (unpaired) electrons. The van der Waals surface area contributed by atoms with Crippen molar-refractivity contribution >= 4 is 42.5 Å². The van der Waals surface area contributed by atoms with Gasteiger partial charge in [0.1, 0.15) is 11.5 Å². The van der Waals surface area contributed by atoms with Crippen molar-refractivity contribution < 1.29 is 62.2 Å². The second-order valence-corrected chi connectivity index (χ2v) is 18.2. The largest absolute Gasteiger partial charge is 0.512 e. The molecule has 1 aliphatic rings. The van der Waals surface area contributed by atoms with Gasteiger partial charge < -0.3 is 17.5 Å². The van der Waals surface area contributed by atoms with Gasteiger partial charge in [-0.3, -0.25) is 0 Å². The van der Waals surface area contributed by atoms with E-state index < -0.39 is 91.5 Å². The maximum Gasteiger partial charge on any atom is 0.416 e. The van der Waals surface area contributed by atoms with Crippen molar-refractivity contribution in [1.29, 1.82) is 10.5 Å².